The second-order valence-corrected chi connectivity index (χ2v) is 9.25. The lowest BCUT2D eigenvalue weighted by atomic mass is 9.92. The molecule has 4 heterocycles. The molecule has 0 aromatic carbocycles. The second-order valence-electron chi connectivity index (χ2n) is 8.91. The number of fused-ring (bicyclic) bond motifs is 2. The Morgan fingerprint density at radius 3 is 2.81 bits per heavy atom. The molecule has 0 radical (unpaired) electrons. The van der Waals surface area contributed by atoms with Crippen LogP contribution in [0.1, 0.15) is 37.3 Å². The number of nitrogens with one attached hydrogen (secondary N) is 1. The molecular weight excluding hydrogens is 432 g/mol. The third-order valence-electron chi connectivity index (χ3n) is 7.15. The molecule has 1 N–H and O–H groups in total. The van der Waals surface area contributed by atoms with Crippen LogP contribution >= 0.6 is 11.6 Å². The van der Waals surface area contributed by atoms with E-state index in [9.17, 15) is 5.26 Å². The minimum atomic E-state index is -0.164. The Kier molecular flexibility index (Phi) is 4.21. The molecule has 0 spiro atoms. The lowest BCUT2D eigenvalue weighted by molar-refractivity contribution is 0.248. The fraction of sp³-hybridized carbons (Fsp3) is 0.524. The first-order chi connectivity index (χ1) is 15.6. The molecule has 1 aliphatic heterocycles. The molecule has 3 aromatic rings. The van der Waals surface area contributed by atoms with Crippen molar-refractivity contribution in [1.29, 1.82) is 5.26 Å². The van der Waals surface area contributed by atoms with Crippen LogP contribution in [0.15, 0.2) is 12.3 Å². The van der Waals surface area contributed by atoms with E-state index in [4.69, 9.17) is 21.1 Å². The highest BCUT2D eigenvalue weighted by Crippen LogP contribution is 2.85. The van der Waals surface area contributed by atoms with Crippen molar-refractivity contribution in [3.63, 3.8) is 0 Å². The van der Waals surface area contributed by atoms with E-state index in [-0.39, 0.29) is 28.0 Å². The number of piperidine rings is 1. The molecule has 3 fully saturated rings. The molecule has 0 amide bonds. The average molecular weight is 453 g/mol. The number of H-pyrrole nitrogens is 1. The van der Waals surface area contributed by atoms with Crippen molar-refractivity contribution >= 4 is 28.6 Å². The summed E-state index contributed by atoms with van der Waals surface area (Å²) in [6.07, 6.45) is 5.27. The lowest BCUT2D eigenvalue weighted by Crippen LogP contribution is -2.34. The quantitative estimate of drug-likeness (QED) is 0.600. The number of methoxy groups -OCH3 is 1. The summed E-state index contributed by atoms with van der Waals surface area (Å²) < 4.78 is 11.3. The summed E-state index contributed by atoms with van der Waals surface area (Å²) in [4.78, 5) is 19.4. The molecule has 2 saturated carbocycles. The number of aromatic nitrogens is 6. The van der Waals surface area contributed by atoms with Crippen molar-refractivity contribution in [1.82, 2.24) is 30.1 Å². The molecule has 6 rings (SSSR count). The summed E-state index contributed by atoms with van der Waals surface area (Å²) in [5, 5.41) is 17.8. The highest BCUT2D eigenvalue weighted by Gasteiger charge is 2.84. The second kappa shape index (κ2) is 6.90. The molecule has 1 saturated heterocycles. The van der Waals surface area contributed by atoms with Crippen LogP contribution in [0.25, 0.3) is 11.0 Å². The molecule has 0 unspecified atom stereocenters. The molecule has 3 aliphatic rings. The molecule has 2 aliphatic carbocycles. The Morgan fingerprint density at radius 2 is 2.09 bits per heavy atom. The van der Waals surface area contributed by atoms with Crippen LogP contribution in [0.4, 0.5) is 5.95 Å². The molecule has 3 aromatic heterocycles. The van der Waals surface area contributed by atoms with Gasteiger partial charge in [0.2, 0.25) is 11.2 Å². The summed E-state index contributed by atoms with van der Waals surface area (Å²) in [5.41, 5.74) is 1.56. The van der Waals surface area contributed by atoms with Crippen LogP contribution in [0, 0.1) is 22.2 Å². The smallest absolute Gasteiger partial charge is 0.322 e. The SMILES string of the molecule is COc1ccnc2[nH]nc(C3CCN(c4nc(Cl)nc(OCC56CC5(C#N)C6)n4)CC3)c12. The molecule has 0 bridgehead atoms. The third kappa shape index (κ3) is 2.95. The highest BCUT2D eigenvalue weighted by molar-refractivity contribution is 6.28. The monoisotopic (exact) mass is 452 g/mol. The molecule has 10 nitrogen and oxygen atoms in total. The van der Waals surface area contributed by atoms with E-state index in [1.165, 1.54) is 0 Å². The molecule has 0 atom stereocenters. The van der Waals surface area contributed by atoms with Crippen LogP contribution in [0.2, 0.25) is 5.28 Å². The van der Waals surface area contributed by atoms with Crippen molar-refractivity contribution in [2.45, 2.75) is 31.6 Å². The van der Waals surface area contributed by atoms with Gasteiger partial charge in [0.25, 0.3) is 0 Å². The van der Waals surface area contributed by atoms with E-state index >= 15 is 0 Å². The Morgan fingerprint density at radius 1 is 1.28 bits per heavy atom. The van der Waals surface area contributed by atoms with Gasteiger partial charge in [-0.2, -0.15) is 25.3 Å². The number of pyridine rings is 1. The van der Waals surface area contributed by atoms with Gasteiger partial charge in [-0.3, -0.25) is 5.10 Å². The van der Waals surface area contributed by atoms with Gasteiger partial charge >= 0.3 is 6.01 Å². The number of ether oxygens (including phenoxy) is 2. The molecule has 164 valence electrons. The maximum atomic E-state index is 9.21. The zero-order valence-corrected chi connectivity index (χ0v) is 18.3. The van der Waals surface area contributed by atoms with E-state index < -0.39 is 0 Å². The van der Waals surface area contributed by atoms with Crippen LogP contribution < -0.4 is 14.4 Å². The maximum Gasteiger partial charge on any atom is 0.322 e. The highest BCUT2D eigenvalue weighted by atomic mass is 35.5. The Labute approximate surface area is 188 Å². The van der Waals surface area contributed by atoms with Gasteiger partial charge < -0.3 is 14.4 Å². The number of nitriles is 1. The first-order valence-electron chi connectivity index (χ1n) is 10.6. The van der Waals surface area contributed by atoms with Crippen molar-refractivity contribution in [3.8, 4) is 17.8 Å². The Balaban J connectivity index is 1.15. The van der Waals surface area contributed by atoms with Crippen molar-refractivity contribution in [3.05, 3.63) is 23.2 Å². The summed E-state index contributed by atoms with van der Waals surface area (Å²) in [5.74, 6) is 1.56. The number of hydrogen-bond donors (Lipinski definition) is 1. The minimum absolute atomic E-state index is 0.00160. The summed E-state index contributed by atoms with van der Waals surface area (Å²) >= 11 is 6.15. The number of halogens is 1. The van der Waals surface area contributed by atoms with Gasteiger partial charge in [0, 0.05) is 30.6 Å². The van der Waals surface area contributed by atoms with Gasteiger partial charge in [-0.05, 0) is 43.4 Å². The van der Waals surface area contributed by atoms with E-state index in [0.29, 0.717) is 12.6 Å². The zero-order valence-electron chi connectivity index (χ0n) is 17.5. The number of aromatic amines is 1. The normalized spacial score (nSPS) is 26.5. The van der Waals surface area contributed by atoms with Gasteiger partial charge in [0.05, 0.1) is 36.3 Å². The maximum absolute atomic E-state index is 9.21. The summed E-state index contributed by atoms with van der Waals surface area (Å²) in [7, 11) is 1.66. The number of anilines is 1. The minimum Gasteiger partial charge on any atom is -0.496 e. The lowest BCUT2D eigenvalue weighted by Gasteiger charge is -2.31. The van der Waals surface area contributed by atoms with Gasteiger partial charge in [0.1, 0.15) is 5.75 Å². The van der Waals surface area contributed by atoms with Crippen LogP contribution in [-0.4, -0.2) is 56.9 Å². The first kappa shape index (κ1) is 19.5. The predicted octanol–water partition coefficient (Wildman–Crippen LogP) is 2.87. The third-order valence-corrected chi connectivity index (χ3v) is 7.32. The topological polar surface area (TPSA) is 126 Å². The average Bonchev–Trinajstić information content (AvgIpc) is 3.56. The van der Waals surface area contributed by atoms with Gasteiger partial charge in [-0.1, -0.05) is 0 Å². The van der Waals surface area contributed by atoms with E-state index in [2.05, 4.69) is 41.1 Å². The van der Waals surface area contributed by atoms with Crippen LogP contribution in [0.3, 0.4) is 0 Å². The Hall–Kier alpha value is -3.19. The van der Waals surface area contributed by atoms with Crippen molar-refractivity contribution in [2.24, 2.45) is 10.8 Å². The first-order valence-corrected chi connectivity index (χ1v) is 11.0. The molecular formula is C21H21ClN8O2. The number of nitrogens with zero attached hydrogens (tertiary/aromatic N) is 7. The van der Waals surface area contributed by atoms with Crippen LogP contribution in [0.5, 0.6) is 11.8 Å². The summed E-state index contributed by atoms with van der Waals surface area (Å²) in [6, 6.07) is 4.46. The molecule has 11 heteroatoms. The Bertz CT molecular complexity index is 1240. The fourth-order valence-corrected chi connectivity index (χ4v) is 5.10. The van der Waals surface area contributed by atoms with E-state index in [0.717, 1.165) is 61.2 Å². The fourth-order valence-electron chi connectivity index (χ4n) is 4.95. The van der Waals surface area contributed by atoms with E-state index in [1.807, 2.05) is 6.07 Å². The standard InChI is InChI=1S/C21H21ClN8O2/c1-31-13-2-5-24-16-14(13)15(28-29-16)12-3-6-30(7-4-12)18-25-17(22)26-19(27-18)32-11-21-8-20(21,9-21)10-23/h2,5,12H,3-4,6-9,11H2,1H3,(H,24,28,29). The van der Waals surface area contributed by atoms with Gasteiger partial charge in [0.15, 0.2) is 5.65 Å². The number of hydrogen-bond acceptors (Lipinski definition) is 9. The largest absolute Gasteiger partial charge is 0.496 e. The van der Waals surface area contributed by atoms with Gasteiger partial charge in [-0.25, -0.2) is 4.98 Å². The predicted molar refractivity (Wildman–Crippen MR) is 115 cm³/mol. The van der Waals surface area contributed by atoms with Crippen LogP contribution in [-0.2, 0) is 0 Å². The van der Waals surface area contributed by atoms with E-state index in [1.54, 1.807) is 13.3 Å². The van der Waals surface area contributed by atoms with Crippen molar-refractivity contribution < 1.29 is 9.47 Å². The number of rotatable bonds is 6. The summed E-state index contributed by atoms with van der Waals surface area (Å²) in [6.45, 7) is 1.95. The van der Waals surface area contributed by atoms with Crippen molar-refractivity contribution in [2.75, 3.05) is 31.7 Å². The zero-order chi connectivity index (χ0) is 21.9. The van der Waals surface area contributed by atoms with Gasteiger partial charge in [-0.15, -0.1) is 0 Å². The molecule has 32 heavy (non-hydrogen) atoms.